The monoisotopic (exact) mass is 662 g/mol. The van der Waals surface area contributed by atoms with Crippen molar-refractivity contribution in [3.8, 4) is 28.4 Å². The first-order valence-electron chi connectivity index (χ1n) is 17.0. The van der Waals surface area contributed by atoms with Crippen LogP contribution in [0.15, 0.2) is 72.8 Å². The maximum Gasteiger partial charge on any atom is 0.344 e. The number of carbonyl (C=O) groups is 2. The molecule has 11 heteroatoms. The van der Waals surface area contributed by atoms with Crippen LogP contribution in [0.5, 0.6) is 5.88 Å². The van der Waals surface area contributed by atoms with Crippen LogP contribution in [0.1, 0.15) is 56.0 Å². The van der Waals surface area contributed by atoms with Gasteiger partial charge in [-0.15, -0.1) is 15.0 Å². The third kappa shape index (κ3) is 7.07. The molecule has 49 heavy (non-hydrogen) atoms. The number of rotatable bonds is 9. The molecular weight excluding hydrogens is 620 g/mol. The molecule has 0 aliphatic carbocycles. The number of ether oxygens (including phenoxy) is 3. The number of carbonyl (C=O) groups excluding carboxylic acids is 2. The number of tetrazole rings is 1. The van der Waals surface area contributed by atoms with Crippen LogP contribution in [0.3, 0.4) is 0 Å². The van der Waals surface area contributed by atoms with Gasteiger partial charge in [0.1, 0.15) is 5.56 Å². The first-order chi connectivity index (χ1) is 23.7. The molecule has 2 aliphatic rings. The summed E-state index contributed by atoms with van der Waals surface area (Å²) in [5.41, 5.74) is 5.11. The van der Waals surface area contributed by atoms with Crippen molar-refractivity contribution in [3.63, 3.8) is 0 Å². The molecular formula is C38H42N6O5. The number of aromatic nitrogens is 5. The Bertz CT molecular complexity index is 1950. The van der Waals surface area contributed by atoms with E-state index in [1.54, 1.807) is 20.8 Å². The van der Waals surface area contributed by atoms with E-state index in [0.717, 1.165) is 73.0 Å². The van der Waals surface area contributed by atoms with Gasteiger partial charge in [0.25, 0.3) is 0 Å². The molecule has 2 aliphatic heterocycles. The SMILES string of the molecule is CC(C)(C)C(=O)OCn1nnc(-c2ccccc2-c2ccc(CN3CCC(COC(=O)c4c5n(c6ccccc46)CCCO5)CC3)cc2)n1. The Balaban J connectivity index is 0.925. The second kappa shape index (κ2) is 13.8. The minimum atomic E-state index is -0.606. The van der Waals surface area contributed by atoms with Crippen molar-refractivity contribution < 1.29 is 23.8 Å². The lowest BCUT2D eigenvalue weighted by Gasteiger charge is -2.31. The number of para-hydroxylation sites is 1. The number of hydrogen-bond donors (Lipinski definition) is 0. The molecule has 5 aromatic rings. The third-order valence-corrected chi connectivity index (χ3v) is 9.26. The zero-order valence-electron chi connectivity index (χ0n) is 28.3. The molecule has 0 radical (unpaired) electrons. The standard InChI is InChI=1S/C38H42N6O5/c1-38(2,3)37(46)49-25-44-40-34(39-41-44)30-10-5-4-9-29(30)28-15-13-26(14-16-28)23-42-20-17-27(18-21-42)24-48-36(45)33-31-11-6-7-12-32(31)43-19-8-22-47-35(33)43/h4-7,9-16,27H,8,17-25H2,1-3H3. The largest absolute Gasteiger partial charge is 0.478 e. The van der Waals surface area contributed by atoms with E-state index in [1.165, 1.54) is 10.4 Å². The first-order valence-corrected chi connectivity index (χ1v) is 17.0. The van der Waals surface area contributed by atoms with E-state index in [4.69, 9.17) is 14.2 Å². The molecule has 0 unspecified atom stereocenters. The van der Waals surface area contributed by atoms with E-state index >= 15 is 0 Å². The molecule has 0 N–H and O–H groups in total. The van der Waals surface area contributed by atoms with Crippen molar-refractivity contribution in [2.45, 2.75) is 59.9 Å². The predicted molar refractivity (Wildman–Crippen MR) is 185 cm³/mol. The van der Waals surface area contributed by atoms with Gasteiger partial charge in [-0.05, 0) is 87.0 Å². The highest BCUT2D eigenvalue weighted by Crippen LogP contribution is 2.35. The molecule has 3 aromatic carbocycles. The zero-order valence-corrected chi connectivity index (χ0v) is 28.3. The molecule has 0 spiro atoms. The molecule has 11 nitrogen and oxygen atoms in total. The smallest absolute Gasteiger partial charge is 0.344 e. The van der Waals surface area contributed by atoms with E-state index in [1.807, 2.05) is 48.5 Å². The fourth-order valence-corrected chi connectivity index (χ4v) is 6.53. The molecule has 4 heterocycles. The van der Waals surface area contributed by atoms with Gasteiger partial charge in [-0.2, -0.15) is 0 Å². The zero-order chi connectivity index (χ0) is 34.0. The lowest BCUT2D eigenvalue weighted by molar-refractivity contribution is -0.157. The van der Waals surface area contributed by atoms with Crippen molar-refractivity contribution in [1.29, 1.82) is 0 Å². The van der Waals surface area contributed by atoms with Crippen molar-refractivity contribution in [3.05, 3.63) is 83.9 Å². The summed E-state index contributed by atoms with van der Waals surface area (Å²) in [6.45, 7) is 9.95. The topological polar surface area (TPSA) is 114 Å². The quantitative estimate of drug-likeness (QED) is 0.166. The number of piperidine rings is 1. The van der Waals surface area contributed by atoms with Gasteiger partial charge in [-0.25, -0.2) is 4.79 Å². The highest BCUT2D eigenvalue weighted by atomic mass is 16.5. The van der Waals surface area contributed by atoms with Gasteiger partial charge < -0.3 is 18.8 Å². The van der Waals surface area contributed by atoms with E-state index in [-0.39, 0.29) is 18.7 Å². The molecule has 2 aromatic heterocycles. The molecule has 1 fully saturated rings. The number of nitrogens with zero attached hydrogens (tertiary/aromatic N) is 6. The van der Waals surface area contributed by atoms with Gasteiger partial charge in [0.2, 0.25) is 18.4 Å². The second-order valence-corrected chi connectivity index (χ2v) is 13.9. The number of likely N-dealkylation sites (tertiary alicyclic amines) is 1. The van der Waals surface area contributed by atoms with Gasteiger partial charge >= 0.3 is 11.9 Å². The summed E-state index contributed by atoms with van der Waals surface area (Å²) in [6, 6.07) is 24.5. The molecule has 0 bridgehead atoms. The summed E-state index contributed by atoms with van der Waals surface area (Å²) in [4.78, 5) is 29.2. The van der Waals surface area contributed by atoms with Crippen LogP contribution in [-0.4, -0.2) is 67.9 Å². The Morgan fingerprint density at radius 2 is 1.63 bits per heavy atom. The van der Waals surface area contributed by atoms with Crippen molar-refractivity contribution >= 4 is 22.8 Å². The normalized spacial score (nSPS) is 15.5. The molecule has 0 atom stereocenters. The van der Waals surface area contributed by atoms with Gasteiger partial charge in [0.15, 0.2) is 0 Å². The fourth-order valence-electron chi connectivity index (χ4n) is 6.53. The number of hydrogen-bond acceptors (Lipinski definition) is 9. The summed E-state index contributed by atoms with van der Waals surface area (Å²) in [5, 5.41) is 13.7. The summed E-state index contributed by atoms with van der Waals surface area (Å²) < 4.78 is 19.3. The number of aryl methyl sites for hydroxylation is 1. The Kier molecular flexibility index (Phi) is 9.18. The van der Waals surface area contributed by atoms with Crippen LogP contribution in [0, 0.1) is 11.3 Å². The van der Waals surface area contributed by atoms with Crippen molar-refractivity contribution in [2.75, 3.05) is 26.3 Å². The summed E-state index contributed by atoms with van der Waals surface area (Å²) >= 11 is 0. The van der Waals surface area contributed by atoms with Crippen molar-refractivity contribution in [2.24, 2.45) is 11.3 Å². The van der Waals surface area contributed by atoms with Gasteiger partial charge in [0, 0.05) is 24.0 Å². The maximum atomic E-state index is 13.3. The van der Waals surface area contributed by atoms with Crippen LogP contribution in [-0.2, 0) is 34.1 Å². The summed E-state index contributed by atoms with van der Waals surface area (Å²) in [6.07, 6.45) is 2.89. The van der Waals surface area contributed by atoms with E-state index < -0.39 is 5.41 Å². The highest BCUT2D eigenvalue weighted by molar-refractivity contribution is 6.07. The number of esters is 2. The van der Waals surface area contributed by atoms with E-state index in [9.17, 15) is 9.59 Å². The summed E-state index contributed by atoms with van der Waals surface area (Å²) in [7, 11) is 0. The Hall–Kier alpha value is -5.03. The Morgan fingerprint density at radius 1 is 0.898 bits per heavy atom. The first kappa shape index (κ1) is 32.5. The number of benzene rings is 3. The van der Waals surface area contributed by atoms with Gasteiger partial charge in [-0.3, -0.25) is 9.69 Å². The average molecular weight is 663 g/mol. The third-order valence-electron chi connectivity index (χ3n) is 9.26. The maximum absolute atomic E-state index is 13.3. The minimum Gasteiger partial charge on any atom is -0.478 e. The molecule has 0 amide bonds. The van der Waals surface area contributed by atoms with Gasteiger partial charge in [-0.1, -0.05) is 66.7 Å². The van der Waals surface area contributed by atoms with Crippen LogP contribution in [0.25, 0.3) is 33.4 Å². The lowest BCUT2D eigenvalue weighted by atomic mass is 9.96. The Labute approximate surface area is 285 Å². The van der Waals surface area contributed by atoms with Crippen LogP contribution < -0.4 is 4.74 Å². The predicted octanol–water partition coefficient (Wildman–Crippen LogP) is 6.36. The van der Waals surface area contributed by atoms with Crippen molar-refractivity contribution in [1.82, 2.24) is 29.7 Å². The lowest BCUT2D eigenvalue weighted by Crippen LogP contribution is -2.35. The summed E-state index contributed by atoms with van der Waals surface area (Å²) in [5.74, 6) is 0.824. The van der Waals surface area contributed by atoms with Crippen LogP contribution in [0.4, 0.5) is 0 Å². The van der Waals surface area contributed by atoms with E-state index in [0.29, 0.717) is 36.4 Å². The van der Waals surface area contributed by atoms with Crippen LogP contribution in [0.2, 0.25) is 0 Å². The number of fused-ring (bicyclic) bond motifs is 3. The molecule has 0 saturated carbocycles. The molecule has 1 saturated heterocycles. The molecule has 7 rings (SSSR count). The molecule has 254 valence electrons. The Morgan fingerprint density at radius 3 is 2.41 bits per heavy atom. The fraction of sp³-hybridized carbons (Fsp3) is 0.395. The van der Waals surface area contributed by atoms with Gasteiger partial charge in [0.05, 0.1) is 24.1 Å². The highest BCUT2D eigenvalue weighted by Gasteiger charge is 2.28. The minimum absolute atomic E-state index is 0.0925. The average Bonchev–Trinajstić information content (AvgIpc) is 3.73. The second-order valence-electron chi connectivity index (χ2n) is 13.9. The van der Waals surface area contributed by atoms with E-state index in [2.05, 4.69) is 49.1 Å². The van der Waals surface area contributed by atoms with Crippen LogP contribution >= 0.6 is 0 Å².